The van der Waals surface area contributed by atoms with Crippen LogP contribution in [0.5, 0.6) is 5.75 Å². The topological polar surface area (TPSA) is 68.2 Å². The molecule has 0 saturated carbocycles. The van der Waals surface area contributed by atoms with Gasteiger partial charge in [-0.3, -0.25) is 8.97 Å². The van der Waals surface area contributed by atoms with Crippen LogP contribution in [-0.2, 0) is 16.2 Å². The van der Waals surface area contributed by atoms with E-state index in [0.29, 0.717) is 5.65 Å². The maximum absolute atomic E-state index is 12.9. The van der Waals surface area contributed by atoms with Crippen molar-refractivity contribution in [2.24, 2.45) is 0 Å². The predicted molar refractivity (Wildman–Crippen MR) is 323 cm³/mol. The molecule has 380 valence electrons. The zero-order chi connectivity index (χ0) is 53.4. The van der Waals surface area contributed by atoms with Crippen molar-refractivity contribution >= 4 is 73.6 Å². The summed E-state index contributed by atoms with van der Waals surface area (Å²) in [5.74, 6) is 1.43. The van der Waals surface area contributed by atoms with Crippen LogP contribution in [0.2, 0.25) is 19.6 Å². The second-order valence-corrected chi connectivity index (χ2v) is 31.1. The van der Waals surface area contributed by atoms with Crippen molar-refractivity contribution in [1.29, 1.82) is 0 Å². The Labute approximate surface area is 444 Å². The fraction of sp³-hybridized carbons (Fsp3) is 0.309. The molecule has 0 aliphatic carbocycles. The van der Waals surface area contributed by atoms with Crippen LogP contribution in [0.4, 0.5) is 0 Å². The number of phenols is 1. The lowest BCUT2D eigenvalue weighted by Crippen LogP contribution is -2.38. The molecular formula is C68H73N5OSi. The number of para-hydroxylation sites is 1. The van der Waals surface area contributed by atoms with Crippen LogP contribution in [0.25, 0.3) is 99.8 Å². The van der Waals surface area contributed by atoms with Gasteiger partial charge in [-0.25, -0.2) is 15.0 Å². The maximum Gasteiger partial charge on any atom is 0.179 e. The molecule has 11 rings (SSSR count). The van der Waals surface area contributed by atoms with E-state index >= 15 is 0 Å². The number of fused-ring (bicyclic) bond motifs is 11. The van der Waals surface area contributed by atoms with Crippen molar-refractivity contribution in [3.8, 4) is 45.2 Å². The summed E-state index contributed by atoms with van der Waals surface area (Å²) in [5, 5.41) is 20.1. The molecule has 0 amide bonds. The molecule has 7 aromatic carbocycles. The van der Waals surface area contributed by atoms with Crippen molar-refractivity contribution in [3.05, 3.63) is 161 Å². The Morgan fingerprint density at radius 3 is 1.73 bits per heavy atom. The van der Waals surface area contributed by atoms with E-state index in [1.807, 2.05) is 0 Å². The van der Waals surface area contributed by atoms with Crippen LogP contribution in [0, 0.1) is 0 Å². The minimum absolute atomic E-state index is 0.199. The number of pyridine rings is 2. The summed E-state index contributed by atoms with van der Waals surface area (Å²) in [6.45, 7) is 36.9. The first kappa shape index (κ1) is 50.1. The summed E-state index contributed by atoms with van der Waals surface area (Å²) in [6.07, 6.45) is 0. The normalized spacial score (nSPS) is 13.1. The monoisotopic (exact) mass is 1000 g/mol. The largest absolute Gasteiger partial charge is 0.507 e. The maximum atomic E-state index is 12.9. The minimum Gasteiger partial charge on any atom is -0.507 e. The van der Waals surface area contributed by atoms with E-state index in [9.17, 15) is 5.11 Å². The molecule has 6 nitrogen and oxygen atoms in total. The highest BCUT2D eigenvalue weighted by Crippen LogP contribution is 2.48. The van der Waals surface area contributed by atoms with Crippen LogP contribution in [0.15, 0.2) is 133 Å². The van der Waals surface area contributed by atoms with E-state index in [2.05, 4.69) is 252 Å². The van der Waals surface area contributed by atoms with Crippen molar-refractivity contribution in [2.45, 2.75) is 138 Å². The molecule has 0 saturated heterocycles. The Morgan fingerprint density at radius 2 is 1.11 bits per heavy atom. The second kappa shape index (κ2) is 17.5. The van der Waals surface area contributed by atoms with Gasteiger partial charge >= 0.3 is 0 Å². The van der Waals surface area contributed by atoms with E-state index < -0.39 is 8.07 Å². The van der Waals surface area contributed by atoms with Gasteiger partial charge in [0.1, 0.15) is 17.2 Å². The van der Waals surface area contributed by atoms with Gasteiger partial charge in [0.05, 0.1) is 47.1 Å². The summed E-state index contributed by atoms with van der Waals surface area (Å²) in [6, 6.07) is 49.1. The molecule has 7 heteroatoms. The third kappa shape index (κ3) is 8.43. The van der Waals surface area contributed by atoms with Gasteiger partial charge in [-0.15, -0.1) is 0 Å². The molecule has 0 aliphatic rings. The van der Waals surface area contributed by atoms with Crippen LogP contribution in [0.3, 0.4) is 0 Å². The summed E-state index contributed by atoms with van der Waals surface area (Å²) < 4.78 is 4.74. The minimum atomic E-state index is -1.77. The zero-order valence-electron chi connectivity index (χ0n) is 47.0. The highest BCUT2D eigenvalue weighted by atomic mass is 28.3. The van der Waals surface area contributed by atoms with Gasteiger partial charge in [-0.05, 0) is 109 Å². The van der Waals surface area contributed by atoms with E-state index in [1.54, 1.807) is 0 Å². The third-order valence-corrected chi connectivity index (χ3v) is 17.7. The molecule has 1 N–H and O–H groups in total. The Morgan fingerprint density at radius 1 is 0.520 bits per heavy atom. The molecule has 0 spiro atoms. The van der Waals surface area contributed by atoms with Crippen molar-refractivity contribution in [2.75, 3.05) is 0 Å². The Hall–Kier alpha value is -7.09. The molecule has 4 aromatic heterocycles. The number of rotatable bonds is 7. The first-order valence-electron chi connectivity index (χ1n) is 27.1. The molecule has 0 atom stereocenters. The number of phenolic OH excluding ortho intramolecular Hbond substituents is 1. The van der Waals surface area contributed by atoms with Crippen LogP contribution in [0.1, 0.15) is 130 Å². The lowest BCUT2D eigenvalue weighted by molar-refractivity contribution is 0.446. The highest BCUT2D eigenvalue weighted by Gasteiger charge is 2.33. The van der Waals surface area contributed by atoms with Crippen molar-refractivity contribution in [1.82, 2.24) is 23.9 Å². The molecule has 0 aliphatic heterocycles. The van der Waals surface area contributed by atoms with Crippen molar-refractivity contribution < 1.29 is 5.11 Å². The summed E-state index contributed by atoms with van der Waals surface area (Å²) >= 11 is 0. The van der Waals surface area contributed by atoms with Gasteiger partial charge in [0.15, 0.2) is 5.65 Å². The quantitative estimate of drug-likeness (QED) is 0.128. The lowest BCUT2D eigenvalue weighted by atomic mass is 9.79. The fourth-order valence-corrected chi connectivity index (χ4v) is 12.5. The predicted octanol–water partition coefficient (Wildman–Crippen LogP) is 18.1. The van der Waals surface area contributed by atoms with Crippen molar-refractivity contribution in [3.63, 3.8) is 0 Å². The fourth-order valence-electron chi connectivity index (χ4n) is 11.3. The molecule has 0 radical (unpaired) electrons. The van der Waals surface area contributed by atoms with Gasteiger partial charge in [0, 0.05) is 32.8 Å². The van der Waals surface area contributed by atoms with Crippen LogP contribution >= 0.6 is 0 Å². The summed E-state index contributed by atoms with van der Waals surface area (Å²) in [5.41, 5.74) is 16.6. The standard InChI is InChI=1S/C68H73N5OSi/c1-39(2)51-37-46(75(14,15)16)38-52(40(3)4)60(51)73-61-47-24-18-17-23-41(47)34-53(59(61)70-65(73)54-35-45(67(8,9)10)36-55(62(54)74)68(11,12)13)42-31-43(33-44(32-42)66(5,6)7)56-29-30-58-63(69-56)71-64-50-27-20-19-25-48(50)49-26-21-22-28-57(49)72(58)64/h17-40,74H,1-16H3. The Bertz CT molecular complexity index is 4090. The number of imidazole rings is 2. The molecule has 11 aromatic rings. The van der Waals surface area contributed by atoms with Crippen LogP contribution in [-0.4, -0.2) is 37.1 Å². The Balaban J connectivity index is 1.26. The second-order valence-electron chi connectivity index (χ2n) is 26.0. The number of hydrogen-bond donors (Lipinski definition) is 1. The first-order chi connectivity index (χ1) is 35.3. The van der Waals surface area contributed by atoms with E-state index in [4.69, 9.17) is 15.0 Å². The van der Waals surface area contributed by atoms with Crippen LogP contribution < -0.4 is 5.19 Å². The summed E-state index contributed by atoms with van der Waals surface area (Å²) in [4.78, 5) is 16.7. The molecule has 75 heavy (non-hydrogen) atoms. The van der Waals surface area contributed by atoms with Gasteiger partial charge < -0.3 is 5.11 Å². The first-order valence-corrected chi connectivity index (χ1v) is 30.6. The zero-order valence-corrected chi connectivity index (χ0v) is 48.0. The summed E-state index contributed by atoms with van der Waals surface area (Å²) in [7, 11) is -1.77. The van der Waals surface area contributed by atoms with E-state index in [0.717, 1.165) is 94.5 Å². The molecule has 0 fully saturated rings. The SMILES string of the molecule is CC(C)c1cc([Si](C)(C)C)cc(C(C)C)c1-n1c(-c2cc(C(C)(C)C)cc(C(C)(C)C)c2O)nc2c(-c3cc(-c4ccc5c(n4)nc4c6ccccc6c6ccccc6n54)cc(C(C)(C)C)c3)cc3ccccc3c21. The number of hydrogen-bond acceptors (Lipinski definition) is 4. The number of aromatic nitrogens is 5. The van der Waals surface area contributed by atoms with Gasteiger partial charge in [0.25, 0.3) is 0 Å². The molecule has 4 heterocycles. The van der Waals surface area contributed by atoms with Gasteiger partial charge in [0.2, 0.25) is 0 Å². The van der Waals surface area contributed by atoms with E-state index in [-0.39, 0.29) is 33.8 Å². The van der Waals surface area contributed by atoms with Gasteiger partial charge in [-0.1, -0.05) is 206 Å². The average Bonchev–Trinajstić information content (AvgIpc) is 3.97. The molecule has 0 unspecified atom stereocenters. The third-order valence-electron chi connectivity index (χ3n) is 15.7. The smallest absolute Gasteiger partial charge is 0.179 e. The molecule has 0 bridgehead atoms. The lowest BCUT2D eigenvalue weighted by Gasteiger charge is -2.29. The Kier molecular flexibility index (Phi) is 11.7. The highest BCUT2D eigenvalue weighted by molar-refractivity contribution is 6.88. The number of nitrogens with zero attached hydrogens (tertiary/aromatic N) is 5. The average molecular weight is 1000 g/mol. The van der Waals surface area contributed by atoms with Gasteiger partial charge in [-0.2, -0.15) is 0 Å². The molecular weight excluding hydrogens is 931 g/mol. The van der Waals surface area contributed by atoms with E-state index in [1.165, 1.54) is 32.6 Å². The number of benzene rings is 7. The number of aromatic hydroxyl groups is 1.